The summed E-state index contributed by atoms with van der Waals surface area (Å²) in [7, 11) is 0. The number of nitrogens with zero attached hydrogens (tertiary/aromatic N) is 3. The van der Waals surface area contributed by atoms with Crippen LogP contribution in [0.1, 0.15) is 29.8 Å². The second-order valence-electron chi connectivity index (χ2n) is 4.93. The predicted octanol–water partition coefficient (Wildman–Crippen LogP) is 3.93. The topological polar surface area (TPSA) is 29.0 Å². The van der Waals surface area contributed by atoms with E-state index in [1.807, 2.05) is 12.3 Å². The van der Waals surface area contributed by atoms with Gasteiger partial charge in [-0.2, -0.15) is 0 Å². The molecule has 0 radical (unpaired) electrons. The minimum Gasteiger partial charge on any atom is -0.286 e. The molecule has 1 aromatic carbocycles. The lowest BCUT2D eigenvalue weighted by atomic mass is 10.1. The fourth-order valence-corrected chi connectivity index (χ4v) is 3.39. The van der Waals surface area contributed by atoms with Gasteiger partial charge in [0, 0.05) is 24.7 Å². The number of benzene rings is 1. The van der Waals surface area contributed by atoms with Crippen molar-refractivity contribution < 1.29 is 0 Å². The largest absolute Gasteiger partial charge is 0.286 e. The van der Waals surface area contributed by atoms with Crippen LogP contribution in [-0.2, 0) is 13.1 Å². The molecule has 0 amide bonds. The van der Waals surface area contributed by atoms with Crippen molar-refractivity contribution in [2.75, 3.05) is 6.26 Å². The molecule has 1 aromatic heterocycles. The molecule has 0 saturated heterocycles. The van der Waals surface area contributed by atoms with Crippen molar-refractivity contribution in [3.05, 3.63) is 52.3 Å². The summed E-state index contributed by atoms with van der Waals surface area (Å²) >= 11 is 7.86. The first-order valence-electron chi connectivity index (χ1n) is 6.57. The molecule has 3 nitrogen and oxygen atoms in total. The van der Waals surface area contributed by atoms with Crippen molar-refractivity contribution in [3.63, 3.8) is 0 Å². The zero-order chi connectivity index (χ0) is 14.1. The van der Waals surface area contributed by atoms with Gasteiger partial charge < -0.3 is 0 Å². The second kappa shape index (κ2) is 5.72. The third-order valence-electron chi connectivity index (χ3n) is 3.69. The summed E-state index contributed by atoms with van der Waals surface area (Å²) in [5.41, 5.74) is 3.46. The van der Waals surface area contributed by atoms with Gasteiger partial charge in [-0.1, -0.05) is 53.7 Å². The molecule has 1 atom stereocenters. The fraction of sp³-hybridized carbons (Fsp3) is 0.333. The lowest BCUT2D eigenvalue weighted by Gasteiger charge is -2.21. The van der Waals surface area contributed by atoms with Crippen LogP contribution in [-0.4, -0.2) is 21.1 Å². The van der Waals surface area contributed by atoms with Crippen molar-refractivity contribution >= 4 is 23.4 Å². The zero-order valence-electron chi connectivity index (χ0n) is 11.5. The highest BCUT2D eigenvalue weighted by atomic mass is 35.5. The first-order chi connectivity index (χ1) is 9.69. The first-order valence-corrected chi connectivity index (χ1v) is 8.17. The average molecular weight is 306 g/mol. The zero-order valence-corrected chi connectivity index (χ0v) is 13.1. The summed E-state index contributed by atoms with van der Waals surface area (Å²) in [6, 6.07) is 10.7. The van der Waals surface area contributed by atoms with Crippen molar-refractivity contribution in [2.24, 2.45) is 0 Å². The van der Waals surface area contributed by atoms with Gasteiger partial charge in [-0.15, -0.1) is 0 Å². The Morgan fingerprint density at radius 2 is 2.05 bits per heavy atom. The highest BCUT2D eigenvalue weighted by Crippen LogP contribution is 2.37. The normalized spacial score (nSPS) is 18.2. The van der Waals surface area contributed by atoms with Crippen LogP contribution >= 0.6 is 23.4 Å². The van der Waals surface area contributed by atoms with Gasteiger partial charge in [0.2, 0.25) is 0 Å². The molecule has 0 N–H and O–H groups in total. The average Bonchev–Trinajstić information content (AvgIpc) is 2.76. The van der Waals surface area contributed by atoms with Gasteiger partial charge in [0.15, 0.2) is 5.16 Å². The Balaban J connectivity index is 1.87. The lowest BCUT2D eigenvalue weighted by molar-refractivity contribution is 0.219. The Kier molecular flexibility index (Phi) is 3.96. The number of thioether (sulfide) groups is 1. The molecule has 104 valence electrons. The Morgan fingerprint density at radius 3 is 2.75 bits per heavy atom. The van der Waals surface area contributed by atoms with Gasteiger partial charge >= 0.3 is 0 Å². The van der Waals surface area contributed by atoms with E-state index in [4.69, 9.17) is 11.6 Å². The molecule has 1 aliphatic rings. The predicted molar refractivity (Wildman–Crippen MR) is 82.9 cm³/mol. The van der Waals surface area contributed by atoms with E-state index in [2.05, 4.69) is 46.1 Å². The van der Waals surface area contributed by atoms with E-state index < -0.39 is 0 Å². The summed E-state index contributed by atoms with van der Waals surface area (Å²) in [5, 5.41) is 1.35. The maximum atomic E-state index is 6.33. The second-order valence-corrected chi connectivity index (χ2v) is 6.06. The summed E-state index contributed by atoms with van der Waals surface area (Å²) < 4.78 is 0. The van der Waals surface area contributed by atoms with Crippen molar-refractivity contribution in [1.82, 2.24) is 14.9 Å². The summed E-state index contributed by atoms with van der Waals surface area (Å²) in [6.07, 6.45) is 1.97. The maximum absolute atomic E-state index is 6.33. The van der Waals surface area contributed by atoms with Gasteiger partial charge in [-0.25, -0.2) is 9.97 Å². The lowest BCUT2D eigenvalue weighted by Crippen LogP contribution is -2.19. The van der Waals surface area contributed by atoms with Crippen LogP contribution in [0.15, 0.2) is 35.5 Å². The van der Waals surface area contributed by atoms with Crippen LogP contribution in [0.3, 0.4) is 0 Å². The van der Waals surface area contributed by atoms with Crippen molar-refractivity contribution in [1.29, 1.82) is 0 Å². The minimum atomic E-state index is 0.258. The van der Waals surface area contributed by atoms with Crippen LogP contribution in [0.4, 0.5) is 0 Å². The van der Waals surface area contributed by atoms with E-state index in [0.717, 1.165) is 29.5 Å². The Labute approximate surface area is 128 Å². The minimum absolute atomic E-state index is 0.258. The molecule has 3 rings (SSSR count). The molecule has 0 fully saturated rings. The molecule has 0 bridgehead atoms. The molecular formula is C15H16ClN3S. The van der Waals surface area contributed by atoms with E-state index >= 15 is 0 Å². The number of aromatic nitrogens is 2. The molecule has 0 aliphatic carbocycles. The van der Waals surface area contributed by atoms with Crippen LogP contribution in [0.25, 0.3) is 0 Å². The summed E-state index contributed by atoms with van der Waals surface area (Å²) in [5.74, 6) is 0. The first kappa shape index (κ1) is 13.9. The standard InChI is InChI=1S/C15H16ClN3S/c1-10-13-12(17-15(20-2)18-14(13)16)9-19(10)8-11-6-4-3-5-7-11/h3-7,10H,8-9H2,1-2H3. The number of rotatable bonds is 3. The van der Waals surface area contributed by atoms with Gasteiger partial charge in [0.1, 0.15) is 5.15 Å². The van der Waals surface area contributed by atoms with Crippen LogP contribution in [0, 0.1) is 0 Å². The Bertz CT molecular complexity index is 618. The fourth-order valence-electron chi connectivity index (χ4n) is 2.61. The van der Waals surface area contributed by atoms with Crippen LogP contribution in [0.5, 0.6) is 0 Å². The molecule has 2 heterocycles. The van der Waals surface area contributed by atoms with Gasteiger partial charge in [-0.3, -0.25) is 4.90 Å². The molecule has 5 heteroatoms. The monoisotopic (exact) mass is 305 g/mol. The van der Waals surface area contributed by atoms with E-state index in [0.29, 0.717) is 5.15 Å². The molecule has 20 heavy (non-hydrogen) atoms. The van der Waals surface area contributed by atoms with E-state index in [-0.39, 0.29) is 6.04 Å². The van der Waals surface area contributed by atoms with E-state index in [1.54, 1.807) is 0 Å². The third kappa shape index (κ3) is 2.55. The third-order valence-corrected chi connectivity index (χ3v) is 4.52. The summed E-state index contributed by atoms with van der Waals surface area (Å²) in [4.78, 5) is 11.3. The smallest absolute Gasteiger partial charge is 0.188 e. The van der Waals surface area contributed by atoms with Gasteiger partial charge in [-0.05, 0) is 18.7 Å². The van der Waals surface area contributed by atoms with Crippen molar-refractivity contribution in [2.45, 2.75) is 31.2 Å². The molecule has 0 saturated carbocycles. The molecule has 2 aromatic rings. The SMILES string of the molecule is CSc1nc(Cl)c2c(n1)CN(Cc1ccccc1)C2C. The number of halogens is 1. The summed E-state index contributed by atoms with van der Waals surface area (Å²) in [6.45, 7) is 3.91. The van der Waals surface area contributed by atoms with Gasteiger partial charge in [0.25, 0.3) is 0 Å². The van der Waals surface area contributed by atoms with Crippen molar-refractivity contribution in [3.8, 4) is 0 Å². The maximum Gasteiger partial charge on any atom is 0.188 e. The quantitative estimate of drug-likeness (QED) is 0.488. The highest BCUT2D eigenvalue weighted by Gasteiger charge is 2.31. The molecule has 0 spiro atoms. The number of hydrogen-bond donors (Lipinski definition) is 0. The van der Waals surface area contributed by atoms with Crippen LogP contribution in [0.2, 0.25) is 5.15 Å². The number of hydrogen-bond acceptors (Lipinski definition) is 4. The Hall–Kier alpha value is -1.10. The molecule has 1 unspecified atom stereocenters. The van der Waals surface area contributed by atoms with E-state index in [9.17, 15) is 0 Å². The van der Waals surface area contributed by atoms with Crippen LogP contribution < -0.4 is 0 Å². The Morgan fingerprint density at radius 1 is 1.30 bits per heavy atom. The van der Waals surface area contributed by atoms with Gasteiger partial charge in [0.05, 0.1) is 5.69 Å². The molecular weight excluding hydrogens is 290 g/mol. The molecule has 1 aliphatic heterocycles. The highest BCUT2D eigenvalue weighted by molar-refractivity contribution is 7.98. The number of fused-ring (bicyclic) bond motifs is 1. The van der Waals surface area contributed by atoms with E-state index in [1.165, 1.54) is 17.3 Å².